The molecule has 2 fully saturated rings. The number of hydrogen-bond acceptors (Lipinski definition) is 5. The largest absolute Gasteiger partial charge is 0.493 e. The Morgan fingerprint density at radius 3 is 2.26 bits per heavy atom. The number of para-hydroxylation sites is 1. The number of amides is 2. The van der Waals surface area contributed by atoms with Crippen molar-refractivity contribution in [2.24, 2.45) is 0 Å². The summed E-state index contributed by atoms with van der Waals surface area (Å²) in [5.41, 5.74) is 4.27. The van der Waals surface area contributed by atoms with Crippen LogP contribution in [-0.2, 0) is 10.2 Å². The fraction of sp³-hybridized carbons (Fsp3) is 0.375. The molecule has 3 aromatic rings. The summed E-state index contributed by atoms with van der Waals surface area (Å²) in [7, 11) is 5.56. The molecule has 2 aliphatic rings. The van der Waals surface area contributed by atoms with Gasteiger partial charge in [-0.3, -0.25) is 0 Å². The average Bonchev–Trinajstić information content (AvgIpc) is 3.34. The normalized spacial score (nSPS) is 21.5. The van der Waals surface area contributed by atoms with Crippen LogP contribution < -0.4 is 20.1 Å². The van der Waals surface area contributed by atoms with Crippen molar-refractivity contribution >= 4 is 17.7 Å². The van der Waals surface area contributed by atoms with E-state index < -0.39 is 12.1 Å². The van der Waals surface area contributed by atoms with Crippen molar-refractivity contribution in [3.05, 3.63) is 78.4 Å². The van der Waals surface area contributed by atoms with Crippen LogP contribution in [0, 0.1) is 0 Å². The van der Waals surface area contributed by atoms with E-state index >= 15 is 0 Å². The number of nitrogens with one attached hydrogen (secondary N) is 2. The third-order valence-corrected chi connectivity index (χ3v) is 8.32. The average molecular weight is 600 g/mol. The van der Waals surface area contributed by atoms with E-state index in [1.165, 1.54) is 5.56 Å². The number of carbonyl (C=O) groups excluding carboxylic acids is 1. The fourth-order valence-electron chi connectivity index (χ4n) is 6.20. The summed E-state index contributed by atoms with van der Waals surface area (Å²) in [6.45, 7) is 1.04. The number of hydrogen-bond donors (Lipinski definition) is 3. The molecule has 2 amide bonds. The van der Waals surface area contributed by atoms with E-state index in [4.69, 9.17) is 19.4 Å². The first-order chi connectivity index (χ1) is 20.5. The lowest BCUT2D eigenvalue weighted by Gasteiger charge is -2.45. The summed E-state index contributed by atoms with van der Waals surface area (Å²) in [6.07, 6.45) is -1.11. The molecule has 43 heavy (non-hydrogen) atoms. The molecule has 1 aliphatic carbocycles. The number of ether oxygens (including phenoxy) is 2. The highest BCUT2D eigenvalue weighted by atomic mass is 19.4. The number of carboxylic acid groups (broad SMARTS) is 1. The molecule has 1 saturated heterocycles. The third kappa shape index (κ3) is 7.22. The molecular weight excluding hydrogens is 563 g/mol. The zero-order chi connectivity index (χ0) is 31.2. The minimum Gasteiger partial charge on any atom is -0.493 e. The van der Waals surface area contributed by atoms with Crippen LogP contribution in [0.4, 0.5) is 23.7 Å². The van der Waals surface area contributed by atoms with Crippen molar-refractivity contribution in [3.8, 4) is 22.6 Å². The molecule has 8 nitrogen and oxygen atoms in total. The van der Waals surface area contributed by atoms with Gasteiger partial charge in [0.1, 0.15) is 0 Å². The van der Waals surface area contributed by atoms with Gasteiger partial charge in [0.15, 0.2) is 11.5 Å². The highest BCUT2D eigenvalue weighted by Gasteiger charge is 2.50. The molecule has 3 atom stereocenters. The van der Waals surface area contributed by atoms with E-state index in [-0.39, 0.29) is 17.5 Å². The Kier molecular flexibility index (Phi) is 9.85. The van der Waals surface area contributed by atoms with E-state index in [9.17, 15) is 18.0 Å². The van der Waals surface area contributed by atoms with Gasteiger partial charge in [0.25, 0.3) is 0 Å². The smallest absolute Gasteiger partial charge is 0.490 e. The van der Waals surface area contributed by atoms with Crippen LogP contribution in [0.25, 0.3) is 11.1 Å². The number of aliphatic carboxylic acids is 1. The van der Waals surface area contributed by atoms with Crippen LogP contribution in [0.5, 0.6) is 11.5 Å². The Morgan fingerprint density at radius 2 is 1.60 bits per heavy atom. The Labute approximate surface area is 248 Å². The first-order valence-corrected chi connectivity index (χ1v) is 13.9. The summed E-state index contributed by atoms with van der Waals surface area (Å²) in [4.78, 5) is 24.4. The van der Waals surface area contributed by atoms with Crippen LogP contribution in [0.3, 0.4) is 0 Å². The third-order valence-electron chi connectivity index (χ3n) is 8.32. The summed E-state index contributed by atoms with van der Waals surface area (Å²) in [6, 6.07) is 24.7. The molecule has 11 heteroatoms. The van der Waals surface area contributed by atoms with Crippen LogP contribution in [0.2, 0.25) is 0 Å². The predicted octanol–water partition coefficient (Wildman–Crippen LogP) is 6.32. The predicted molar refractivity (Wildman–Crippen MR) is 158 cm³/mol. The Bertz CT molecular complexity index is 1420. The molecule has 0 radical (unpaired) electrons. The highest BCUT2D eigenvalue weighted by Crippen LogP contribution is 2.50. The maximum Gasteiger partial charge on any atom is 0.490 e. The number of rotatable bonds is 6. The maximum atomic E-state index is 13.1. The quantitative estimate of drug-likeness (QED) is 0.307. The van der Waals surface area contributed by atoms with Crippen molar-refractivity contribution in [1.82, 2.24) is 10.2 Å². The van der Waals surface area contributed by atoms with Gasteiger partial charge >= 0.3 is 18.2 Å². The number of benzene rings is 3. The number of likely N-dealkylation sites (N-methyl/N-ethyl adjacent to an activating group) is 1. The SMILES string of the molecule is COc1ccc([C@@]23CC[C@@H](NC(=O)Nc4ccccc4-c4ccccc4)C[C@@H]2N(C)CC3)cc1OC.O=C(O)C(F)(F)F. The lowest BCUT2D eigenvalue weighted by atomic mass is 9.65. The number of methoxy groups -OCH3 is 2. The molecule has 1 saturated carbocycles. The van der Waals surface area contributed by atoms with E-state index in [1.54, 1.807) is 14.2 Å². The van der Waals surface area contributed by atoms with Gasteiger partial charge in [0.2, 0.25) is 0 Å². The van der Waals surface area contributed by atoms with Gasteiger partial charge in [-0.1, -0.05) is 54.6 Å². The Hall–Kier alpha value is -4.25. The highest BCUT2D eigenvalue weighted by molar-refractivity contribution is 5.94. The number of likely N-dealkylation sites (tertiary alicyclic amines) is 1. The summed E-state index contributed by atoms with van der Waals surface area (Å²) in [5, 5.41) is 13.5. The molecule has 3 aromatic carbocycles. The number of fused-ring (bicyclic) bond motifs is 1. The number of anilines is 1. The monoisotopic (exact) mass is 599 g/mol. The van der Waals surface area contributed by atoms with Gasteiger partial charge in [0.05, 0.1) is 19.9 Å². The zero-order valence-electron chi connectivity index (χ0n) is 24.3. The standard InChI is InChI=1S/C30H35N3O3.C2HF3O2/c1-33-18-17-30(22-13-14-26(35-2)27(19-22)36-3)16-15-23(20-28(30)33)31-29(34)32-25-12-8-7-11-24(25)21-9-5-4-6-10-21;3-2(4,5)1(6)7/h4-14,19,23,28H,15-18,20H2,1-3H3,(H2,31,32,34);(H,6,7)/t23-,28+,30+;/m1./s1. The van der Waals surface area contributed by atoms with Crippen molar-refractivity contribution < 1.29 is 37.3 Å². The molecule has 0 aromatic heterocycles. The number of urea groups is 1. The topological polar surface area (TPSA) is 100 Å². The Morgan fingerprint density at radius 1 is 0.953 bits per heavy atom. The molecule has 0 unspecified atom stereocenters. The summed E-state index contributed by atoms with van der Waals surface area (Å²) < 4.78 is 42.8. The van der Waals surface area contributed by atoms with Crippen molar-refractivity contribution in [2.75, 3.05) is 33.1 Å². The molecule has 5 rings (SSSR count). The number of carboxylic acids is 1. The van der Waals surface area contributed by atoms with Crippen molar-refractivity contribution in [3.63, 3.8) is 0 Å². The maximum absolute atomic E-state index is 13.1. The number of alkyl halides is 3. The lowest BCUT2D eigenvalue weighted by molar-refractivity contribution is -0.192. The van der Waals surface area contributed by atoms with Crippen molar-refractivity contribution in [2.45, 2.75) is 49.4 Å². The van der Waals surface area contributed by atoms with Crippen LogP contribution in [-0.4, -0.2) is 68.1 Å². The van der Waals surface area contributed by atoms with E-state index in [2.05, 4.69) is 46.8 Å². The number of halogens is 3. The number of carbonyl (C=O) groups is 2. The molecule has 0 spiro atoms. The molecular formula is C32H36F3N3O5. The van der Waals surface area contributed by atoms with Gasteiger partial charge in [0, 0.05) is 23.1 Å². The molecule has 1 aliphatic heterocycles. The van der Waals surface area contributed by atoms with E-state index in [1.807, 2.05) is 48.5 Å². The minimum absolute atomic E-state index is 0.0584. The van der Waals surface area contributed by atoms with E-state index in [0.717, 1.165) is 60.5 Å². The van der Waals surface area contributed by atoms with Gasteiger partial charge < -0.3 is 30.1 Å². The van der Waals surface area contributed by atoms with Gasteiger partial charge in [-0.05, 0) is 68.6 Å². The van der Waals surface area contributed by atoms with Gasteiger partial charge in [-0.25, -0.2) is 9.59 Å². The molecule has 3 N–H and O–H groups in total. The zero-order valence-corrected chi connectivity index (χ0v) is 24.3. The second-order valence-electron chi connectivity index (χ2n) is 10.8. The number of nitrogens with zero attached hydrogens (tertiary/aromatic N) is 1. The van der Waals surface area contributed by atoms with Crippen LogP contribution in [0.15, 0.2) is 72.8 Å². The van der Waals surface area contributed by atoms with Gasteiger partial charge in [-0.15, -0.1) is 0 Å². The molecule has 1 heterocycles. The summed E-state index contributed by atoms with van der Waals surface area (Å²) >= 11 is 0. The van der Waals surface area contributed by atoms with Crippen LogP contribution >= 0.6 is 0 Å². The van der Waals surface area contributed by atoms with Gasteiger partial charge in [-0.2, -0.15) is 13.2 Å². The van der Waals surface area contributed by atoms with E-state index in [0.29, 0.717) is 6.04 Å². The Balaban J connectivity index is 0.000000541. The van der Waals surface area contributed by atoms with Crippen LogP contribution in [0.1, 0.15) is 31.2 Å². The second-order valence-corrected chi connectivity index (χ2v) is 10.8. The minimum atomic E-state index is -5.08. The molecule has 230 valence electrons. The first kappa shape index (κ1) is 31.7. The molecule has 0 bridgehead atoms. The first-order valence-electron chi connectivity index (χ1n) is 13.9. The lowest BCUT2D eigenvalue weighted by Crippen LogP contribution is -2.52. The second kappa shape index (κ2) is 13.4. The fourth-order valence-corrected chi connectivity index (χ4v) is 6.20. The van der Waals surface area contributed by atoms with Crippen molar-refractivity contribution in [1.29, 1.82) is 0 Å². The summed E-state index contributed by atoms with van der Waals surface area (Å²) in [5.74, 6) is -1.23.